The Morgan fingerprint density at radius 3 is 2.69 bits per heavy atom. The fourth-order valence-electron chi connectivity index (χ4n) is 1.20. The lowest BCUT2D eigenvalue weighted by atomic mass is 10.0. The molecule has 0 aliphatic rings. The van der Waals surface area contributed by atoms with Crippen LogP contribution in [0.1, 0.15) is 16.7 Å². The van der Waals surface area contributed by atoms with Gasteiger partial charge in [-0.2, -0.15) is 5.26 Å². The summed E-state index contributed by atoms with van der Waals surface area (Å²) in [5.74, 6) is -0.262. The predicted molar refractivity (Wildman–Crippen MR) is 52.9 cm³/mol. The van der Waals surface area contributed by atoms with Crippen molar-refractivity contribution in [2.75, 3.05) is 0 Å². The maximum Gasteiger partial charge on any atom is 0.130 e. The van der Waals surface area contributed by atoms with Crippen LogP contribution in [0.15, 0.2) is 10.5 Å². The van der Waals surface area contributed by atoms with Gasteiger partial charge in [0, 0.05) is 10.0 Å². The van der Waals surface area contributed by atoms with Crippen molar-refractivity contribution in [2.45, 2.75) is 20.3 Å². The van der Waals surface area contributed by atoms with E-state index in [1.54, 1.807) is 19.9 Å². The molecule has 0 bridgehead atoms. The Balaban J connectivity index is 3.39. The minimum atomic E-state index is -0.262. The van der Waals surface area contributed by atoms with Crippen molar-refractivity contribution in [3.63, 3.8) is 0 Å². The van der Waals surface area contributed by atoms with Crippen LogP contribution in [0.25, 0.3) is 0 Å². The maximum atomic E-state index is 13.5. The fourth-order valence-corrected chi connectivity index (χ4v) is 1.78. The zero-order valence-corrected chi connectivity index (χ0v) is 9.07. The highest BCUT2D eigenvalue weighted by Crippen LogP contribution is 2.25. The molecule has 1 aromatic rings. The van der Waals surface area contributed by atoms with Gasteiger partial charge in [-0.05, 0) is 31.0 Å². The number of hydrogen-bond donors (Lipinski definition) is 0. The second-order valence-electron chi connectivity index (χ2n) is 2.93. The molecule has 1 aromatic carbocycles. The second kappa shape index (κ2) is 3.89. The lowest BCUT2D eigenvalue weighted by Gasteiger charge is -2.08. The van der Waals surface area contributed by atoms with Crippen LogP contribution in [-0.4, -0.2) is 0 Å². The summed E-state index contributed by atoms with van der Waals surface area (Å²) in [6, 6.07) is 3.69. The third-order valence-corrected chi connectivity index (χ3v) is 2.84. The third kappa shape index (κ3) is 1.89. The van der Waals surface area contributed by atoms with Gasteiger partial charge in [0.15, 0.2) is 0 Å². The number of nitriles is 1. The zero-order chi connectivity index (χ0) is 10.0. The molecule has 3 heteroatoms. The molecule has 1 nitrogen and oxygen atoms in total. The minimum absolute atomic E-state index is 0.123. The average molecular weight is 242 g/mol. The Morgan fingerprint density at radius 1 is 1.54 bits per heavy atom. The van der Waals surface area contributed by atoms with Gasteiger partial charge in [-0.1, -0.05) is 15.9 Å². The molecule has 0 fully saturated rings. The summed E-state index contributed by atoms with van der Waals surface area (Å²) in [5, 5.41) is 8.52. The van der Waals surface area contributed by atoms with Crippen LogP contribution in [0.3, 0.4) is 0 Å². The van der Waals surface area contributed by atoms with E-state index >= 15 is 0 Å². The summed E-state index contributed by atoms with van der Waals surface area (Å²) >= 11 is 3.32. The molecule has 1 rings (SSSR count). The molecule has 0 aliphatic heterocycles. The molecule has 0 aliphatic carbocycles. The molecule has 0 radical (unpaired) electrons. The summed E-state index contributed by atoms with van der Waals surface area (Å²) in [6.45, 7) is 3.50. The average Bonchev–Trinajstić information content (AvgIpc) is 2.09. The molecule has 0 aromatic heterocycles. The number of halogens is 2. The highest BCUT2D eigenvalue weighted by molar-refractivity contribution is 9.10. The van der Waals surface area contributed by atoms with Gasteiger partial charge in [-0.25, -0.2) is 4.39 Å². The minimum Gasteiger partial charge on any atom is -0.206 e. The summed E-state index contributed by atoms with van der Waals surface area (Å²) in [6.07, 6.45) is 0.123. The van der Waals surface area contributed by atoms with E-state index < -0.39 is 0 Å². The van der Waals surface area contributed by atoms with Gasteiger partial charge in [-0.3, -0.25) is 0 Å². The monoisotopic (exact) mass is 241 g/mol. The van der Waals surface area contributed by atoms with Gasteiger partial charge in [0.2, 0.25) is 0 Å². The van der Waals surface area contributed by atoms with Crippen LogP contribution in [0.5, 0.6) is 0 Å². The lowest BCUT2D eigenvalue weighted by Crippen LogP contribution is -1.97. The molecule has 0 saturated heterocycles. The van der Waals surface area contributed by atoms with Crippen LogP contribution in [-0.2, 0) is 6.42 Å². The SMILES string of the molecule is Cc1cc(Br)c(C)c(CC#N)c1F. The van der Waals surface area contributed by atoms with E-state index in [-0.39, 0.29) is 12.2 Å². The van der Waals surface area contributed by atoms with Gasteiger partial charge in [-0.15, -0.1) is 0 Å². The van der Waals surface area contributed by atoms with E-state index in [4.69, 9.17) is 5.26 Å². The number of hydrogen-bond acceptors (Lipinski definition) is 1. The molecule has 0 spiro atoms. The topological polar surface area (TPSA) is 23.8 Å². The molecule has 0 atom stereocenters. The van der Waals surface area contributed by atoms with Crippen molar-refractivity contribution in [1.29, 1.82) is 5.26 Å². The van der Waals surface area contributed by atoms with E-state index in [1.165, 1.54) is 0 Å². The smallest absolute Gasteiger partial charge is 0.130 e. The summed E-state index contributed by atoms with van der Waals surface area (Å²) in [7, 11) is 0. The standard InChI is InChI=1S/C10H9BrFN/c1-6-5-9(11)7(2)8(3-4-13)10(6)12/h5H,3H2,1-2H3. The molecule has 0 heterocycles. The van der Waals surface area contributed by atoms with Crippen LogP contribution in [0, 0.1) is 31.0 Å². The Morgan fingerprint density at radius 2 is 2.15 bits per heavy atom. The van der Waals surface area contributed by atoms with Gasteiger partial charge in [0.05, 0.1) is 12.5 Å². The van der Waals surface area contributed by atoms with E-state index in [2.05, 4.69) is 15.9 Å². The van der Waals surface area contributed by atoms with Crippen molar-refractivity contribution in [3.05, 3.63) is 33.0 Å². The van der Waals surface area contributed by atoms with Gasteiger partial charge < -0.3 is 0 Å². The normalized spacial score (nSPS) is 9.77. The highest BCUT2D eigenvalue weighted by atomic mass is 79.9. The van der Waals surface area contributed by atoms with Gasteiger partial charge >= 0.3 is 0 Å². The number of aryl methyl sites for hydroxylation is 1. The largest absolute Gasteiger partial charge is 0.206 e. The van der Waals surface area contributed by atoms with E-state index in [9.17, 15) is 4.39 Å². The first kappa shape index (κ1) is 10.2. The number of nitrogens with zero attached hydrogens (tertiary/aromatic N) is 1. The first-order valence-corrected chi connectivity index (χ1v) is 4.68. The fraction of sp³-hybridized carbons (Fsp3) is 0.300. The highest BCUT2D eigenvalue weighted by Gasteiger charge is 2.11. The molecule has 0 amide bonds. The molecule has 0 unspecified atom stereocenters. The Bertz CT molecular complexity index is 353. The van der Waals surface area contributed by atoms with Crippen LogP contribution in [0.4, 0.5) is 4.39 Å². The van der Waals surface area contributed by atoms with Crippen molar-refractivity contribution in [3.8, 4) is 6.07 Å². The molecule has 68 valence electrons. The van der Waals surface area contributed by atoms with E-state index in [0.29, 0.717) is 11.1 Å². The van der Waals surface area contributed by atoms with Crippen LogP contribution in [0.2, 0.25) is 0 Å². The molecular weight excluding hydrogens is 233 g/mol. The summed E-state index contributed by atoms with van der Waals surface area (Å²) in [5.41, 5.74) is 1.88. The Hall–Kier alpha value is -0.880. The van der Waals surface area contributed by atoms with Crippen molar-refractivity contribution < 1.29 is 4.39 Å². The maximum absolute atomic E-state index is 13.5. The first-order chi connectivity index (χ1) is 6.07. The molecule has 0 N–H and O–H groups in total. The third-order valence-electron chi connectivity index (χ3n) is 2.02. The number of benzene rings is 1. The van der Waals surface area contributed by atoms with Gasteiger partial charge in [0.1, 0.15) is 5.82 Å². The quantitative estimate of drug-likeness (QED) is 0.741. The number of rotatable bonds is 1. The van der Waals surface area contributed by atoms with Crippen molar-refractivity contribution in [1.82, 2.24) is 0 Å². The summed E-state index contributed by atoms with van der Waals surface area (Å²) in [4.78, 5) is 0. The second-order valence-corrected chi connectivity index (χ2v) is 3.78. The van der Waals surface area contributed by atoms with Crippen molar-refractivity contribution in [2.24, 2.45) is 0 Å². The predicted octanol–water partition coefficient (Wildman–Crippen LogP) is 3.27. The first-order valence-electron chi connectivity index (χ1n) is 3.89. The van der Waals surface area contributed by atoms with Crippen LogP contribution >= 0.6 is 15.9 Å². The lowest BCUT2D eigenvalue weighted by molar-refractivity contribution is 0.603. The molecule has 13 heavy (non-hydrogen) atoms. The Labute approximate surface area is 85.3 Å². The Kier molecular flexibility index (Phi) is 3.05. The molecule has 0 saturated carbocycles. The van der Waals surface area contributed by atoms with Gasteiger partial charge in [0.25, 0.3) is 0 Å². The summed E-state index contributed by atoms with van der Waals surface area (Å²) < 4.78 is 14.3. The van der Waals surface area contributed by atoms with Crippen molar-refractivity contribution >= 4 is 15.9 Å². The van der Waals surface area contributed by atoms with E-state index in [1.807, 2.05) is 6.07 Å². The van der Waals surface area contributed by atoms with Crippen LogP contribution < -0.4 is 0 Å². The van der Waals surface area contributed by atoms with E-state index in [0.717, 1.165) is 10.0 Å². The molecular formula is C10H9BrFN. The zero-order valence-electron chi connectivity index (χ0n) is 7.49.